The molecular weight excluding hydrogens is 338 g/mol. The third kappa shape index (κ3) is 6.02. The highest BCUT2D eigenvalue weighted by molar-refractivity contribution is 5.92. The predicted octanol–water partition coefficient (Wildman–Crippen LogP) is 3.91. The molecule has 1 amide bonds. The highest BCUT2D eigenvalue weighted by atomic mass is 16.5. The van der Waals surface area contributed by atoms with Gasteiger partial charge in [-0.15, -0.1) is 0 Å². The zero-order valence-electron chi connectivity index (χ0n) is 15.4. The van der Waals surface area contributed by atoms with Gasteiger partial charge in [-0.25, -0.2) is 0 Å². The van der Waals surface area contributed by atoms with E-state index in [1.165, 1.54) is 0 Å². The summed E-state index contributed by atoms with van der Waals surface area (Å²) >= 11 is 0. The standard InChI is InChI=1S/C22H21N3O2/c1-17(2)25(16-20-5-3-19(15-24)4-6-20)22(26)12-9-18-7-10-21(11-8-18)27-14-13-23/h3-12,17H,14,16H2,1-2H3. The fourth-order valence-electron chi connectivity index (χ4n) is 2.45. The summed E-state index contributed by atoms with van der Waals surface area (Å²) < 4.78 is 5.21. The van der Waals surface area contributed by atoms with Crippen LogP contribution in [0.3, 0.4) is 0 Å². The van der Waals surface area contributed by atoms with Crippen LogP contribution in [0.15, 0.2) is 54.6 Å². The van der Waals surface area contributed by atoms with E-state index in [0.717, 1.165) is 11.1 Å². The molecule has 0 N–H and O–H groups in total. The number of amides is 1. The minimum atomic E-state index is -0.0841. The summed E-state index contributed by atoms with van der Waals surface area (Å²) in [6.07, 6.45) is 3.30. The molecular formula is C22H21N3O2. The summed E-state index contributed by atoms with van der Waals surface area (Å²) in [6.45, 7) is 4.42. The number of carbonyl (C=O) groups excluding carboxylic acids is 1. The van der Waals surface area contributed by atoms with Gasteiger partial charge in [-0.3, -0.25) is 4.79 Å². The molecule has 0 heterocycles. The van der Waals surface area contributed by atoms with Crippen LogP contribution in [0.1, 0.15) is 30.5 Å². The van der Waals surface area contributed by atoms with Crippen LogP contribution in [0.2, 0.25) is 0 Å². The van der Waals surface area contributed by atoms with E-state index < -0.39 is 0 Å². The first kappa shape index (κ1) is 19.8. The normalized spacial score (nSPS) is 10.4. The Bertz CT molecular complexity index is 870. The molecule has 0 saturated carbocycles. The van der Waals surface area contributed by atoms with Gasteiger partial charge in [0.2, 0.25) is 5.91 Å². The third-order valence-electron chi connectivity index (χ3n) is 3.94. The average molecular weight is 359 g/mol. The van der Waals surface area contributed by atoms with Crippen molar-refractivity contribution < 1.29 is 9.53 Å². The van der Waals surface area contributed by atoms with Gasteiger partial charge in [0.05, 0.1) is 11.6 Å². The second kappa shape index (κ2) is 9.79. The molecule has 2 aromatic rings. The van der Waals surface area contributed by atoms with Gasteiger partial charge in [-0.2, -0.15) is 10.5 Å². The van der Waals surface area contributed by atoms with E-state index in [1.807, 2.05) is 44.2 Å². The van der Waals surface area contributed by atoms with Crippen molar-refractivity contribution in [2.75, 3.05) is 6.61 Å². The lowest BCUT2D eigenvalue weighted by Crippen LogP contribution is -2.35. The third-order valence-corrected chi connectivity index (χ3v) is 3.94. The van der Waals surface area contributed by atoms with Gasteiger partial charge >= 0.3 is 0 Å². The monoisotopic (exact) mass is 359 g/mol. The van der Waals surface area contributed by atoms with Gasteiger partial charge < -0.3 is 9.64 Å². The first-order chi connectivity index (χ1) is 13.0. The molecule has 2 aromatic carbocycles. The molecule has 0 aliphatic rings. The minimum Gasteiger partial charge on any atom is -0.479 e. The lowest BCUT2D eigenvalue weighted by Gasteiger charge is -2.25. The number of nitrogens with zero attached hydrogens (tertiary/aromatic N) is 3. The summed E-state index contributed by atoms with van der Waals surface area (Å²) in [6, 6.07) is 18.5. The van der Waals surface area contributed by atoms with Crippen molar-refractivity contribution in [3.8, 4) is 17.9 Å². The van der Waals surface area contributed by atoms with Crippen LogP contribution in [0.4, 0.5) is 0 Å². The lowest BCUT2D eigenvalue weighted by atomic mass is 10.1. The van der Waals surface area contributed by atoms with Crippen LogP contribution in [0.25, 0.3) is 6.08 Å². The Balaban J connectivity index is 2.04. The molecule has 0 aliphatic heterocycles. The van der Waals surface area contributed by atoms with E-state index >= 15 is 0 Å². The number of benzene rings is 2. The van der Waals surface area contributed by atoms with Crippen LogP contribution < -0.4 is 4.74 Å². The van der Waals surface area contributed by atoms with Gasteiger partial charge in [0.1, 0.15) is 11.8 Å². The van der Waals surface area contributed by atoms with Crippen molar-refractivity contribution in [3.05, 3.63) is 71.3 Å². The first-order valence-electron chi connectivity index (χ1n) is 8.61. The Labute approximate surface area is 159 Å². The van der Waals surface area contributed by atoms with E-state index in [-0.39, 0.29) is 18.6 Å². The van der Waals surface area contributed by atoms with Crippen molar-refractivity contribution in [2.24, 2.45) is 0 Å². The predicted molar refractivity (Wildman–Crippen MR) is 103 cm³/mol. The molecule has 0 aliphatic carbocycles. The van der Waals surface area contributed by atoms with Gasteiger partial charge in [0.15, 0.2) is 6.61 Å². The van der Waals surface area contributed by atoms with Crippen LogP contribution in [-0.4, -0.2) is 23.5 Å². The van der Waals surface area contributed by atoms with Crippen LogP contribution >= 0.6 is 0 Å². The van der Waals surface area contributed by atoms with Crippen molar-refractivity contribution in [2.45, 2.75) is 26.4 Å². The summed E-state index contributed by atoms with van der Waals surface area (Å²) in [5.74, 6) is 0.531. The maximum atomic E-state index is 12.6. The average Bonchev–Trinajstić information content (AvgIpc) is 2.69. The summed E-state index contributed by atoms with van der Waals surface area (Å²) in [5, 5.41) is 17.4. The molecule has 27 heavy (non-hydrogen) atoms. The van der Waals surface area contributed by atoms with Crippen LogP contribution in [0.5, 0.6) is 5.75 Å². The fourth-order valence-corrected chi connectivity index (χ4v) is 2.45. The van der Waals surface area contributed by atoms with E-state index in [9.17, 15) is 4.79 Å². The molecule has 136 valence electrons. The van der Waals surface area contributed by atoms with Gasteiger partial charge in [0, 0.05) is 18.7 Å². The van der Waals surface area contributed by atoms with Crippen LogP contribution in [0, 0.1) is 22.7 Å². The van der Waals surface area contributed by atoms with Gasteiger partial charge in [-0.05, 0) is 55.3 Å². The maximum Gasteiger partial charge on any atom is 0.247 e. The topological polar surface area (TPSA) is 77.1 Å². The van der Waals surface area contributed by atoms with E-state index in [4.69, 9.17) is 15.3 Å². The number of rotatable bonds is 7. The van der Waals surface area contributed by atoms with E-state index in [2.05, 4.69) is 6.07 Å². The smallest absolute Gasteiger partial charge is 0.247 e. The quantitative estimate of drug-likeness (QED) is 0.702. The summed E-state index contributed by atoms with van der Waals surface area (Å²) in [5.41, 5.74) is 2.45. The SMILES string of the molecule is CC(C)N(Cc1ccc(C#N)cc1)C(=O)C=Cc1ccc(OCC#N)cc1. The Hall–Kier alpha value is -3.57. The summed E-state index contributed by atoms with van der Waals surface area (Å²) in [4.78, 5) is 14.4. The number of hydrogen-bond donors (Lipinski definition) is 0. The second-order valence-corrected chi connectivity index (χ2v) is 6.22. The maximum absolute atomic E-state index is 12.6. The molecule has 0 aromatic heterocycles. The number of ether oxygens (including phenoxy) is 1. The molecule has 0 spiro atoms. The van der Waals surface area contributed by atoms with E-state index in [1.54, 1.807) is 41.3 Å². The molecule has 0 saturated heterocycles. The molecule has 0 radical (unpaired) electrons. The Morgan fingerprint density at radius 1 is 1.11 bits per heavy atom. The Kier molecular flexibility index (Phi) is 7.16. The molecule has 0 fully saturated rings. The first-order valence-corrected chi connectivity index (χ1v) is 8.61. The molecule has 5 heteroatoms. The zero-order chi connectivity index (χ0) is 19.6. The van der Waals surface area contributed by atoms with Crippen LogP contribution in [-0.2, 0) is 11.3 Å². The van der Waals surface area contributed by atoms with Crippen molar-refractivity contribution in [1.29, 1.82) is 10.5 Å². The number of hydrogen-bond acceptors (Lipinski definition) is 4. The fraction of sp³-hybridized carbons (Fsp3) is 0.227. The Morgan fingerprint density at radius 2 is 1.78 bits per heavy atom. The zero-order valence-corrected chi connectivity index (χ0v) is 15.4. The largest absolute Gasteiger partial charge is 0.479 e. The van der Waals surface area contributed by atoms with Crippen molar-refractivity contribution in [3.63, 3.8) is 0 Å². The molecule has 0 bridgehead atoms. The van der Waals surface area contributed by atoms with Crippen molar-refractivity contribution >= 4 is 12.0 Å². The highest BCUT2D eigenvalue weighted by Gasteiger charge is 2.15. The number of nitriles is 2. The molecule has 0 unspecified atom stereocenters. The molecule has 0 atom stereocenters. The van der Waals surface area contributed by atoms with Crippen molar-refractivity contribution in [1.82, 2.24) is 4.90 Å². The van der Waals surface area contributed by atoms with Gasteiger partial charge in [0.25, 0.3) is 0 Å². The summed E-state index contributed by atoms with van der Waals surface area (Å²) in [7, 11) is 0. The molecule has 5 nitrogen and oxygen atoms in total. The lowest BCUT2D eigenvalue weighted by molar-refractivity contribution is -0.128. The number of carbonyl (C=O) groups is 1. The van der Waals surface area contributed by atoms with Gasteiger partial charge in [-0.1, -0.05) is 24.3 Å². The Morgan fingerprint density at radius 3 is 2.33 bits per heavy atom. The minimum absolute atomic E-state index is 0.00632. The molecule has 2 rings (SSSR count). The second-order valence-electron chi connectivity index (χ2n) is 6.22. The van der Waals surface area contributed by atoms with E-state index in [0.29, 0.717) is 17.9 Å². The highest BCUT2D eigenvalue weighted by Crippen LogP contribution is 2.14.